The van der Waals surface area contributed by atoms with Gasteiger partial charge in [-0.3, -0.25) is 9.78 Å². The molecule has 4 rings (SSSR count). The topological polar surface area (TPSA) is 45.8 Å². The van der Waals surface area contributed by atoms with Gasteiger partial charge in [0, 0.05) is 27.4 Å². The van der Waals surface area contributed by atoms with Gasteiger partial charge in [-0.25, -0.2) is 0 Å². The fourth-order valence-corrected chi connectivity index (χ4v) is 2.77. The van der Waals surface area contributed by atoms with Crippen LogP contribution < -0.4 is 5.56 Å². The lowest BCUT2D eigenvalue weighted by Gasteiger charge is -2.06. The summed E-state index contributed by atoms with van der Waals surface area (Å²) >= 11 is 6.06. The summed E-state index contributed by atoms with van der Waals surface area (Å²) in [5.74, 6) is 0. The minimum Gasteiger partial charge on any atom is -0.321 e. The molecule has 3 nitrogen and oxygen atoms in total. The summed E-state index contributed by atoms with van der Waals surface area (Å²) in [5, 5.41) is 3.98. The first-order chi connectivity index (χ1) is 9.74. The van der Waals surface area contributed by atoms with Crippen LogP contribution in [0, 0.1) is 0 Å². The van der Waals surface area contributed by atoms with Crippen molar-refractivity contribution in [1.29, 1.82) is 0 Å². The SMILES string of the molecule is O=c1[nH]c2c3cc(Cl)ccc3ncc2c2ccccc12. The summed E-state index contributed by atoms with van der Waals surface area (Å²) in [6.07, 6.45) is 1.80. The maximum Gasteiger partial charge on any atom is 0.256 e. The first kappa shape index (κ1) is 11.4. The van der Waals surface area contributed by atoms with Crippen molar-refractivity contribution in [1.82, 2.24) is 9.97 Å². The zero-order valence-corrected chi connectivity index (χ0v) is 11.1. The molecule has 0 saturated carbocycles. The zero-order valence-electron chi connectivity index (χ0n) is 10.4. The van der Waals surface area contributed by atoms with Gasteiger partial charge in [-0.2, -0.15) is 0 Å². The smallest absolute Gasteiger partial charge is 0.256 e. The van der Waals surface area contributed by atoms with Gasteiger partial charge in [0.2, 0.25) is 0 Å². The van der Waals surface area contributed by atoms with Crippen LogP contribution in [0.25, 0.3) is 32.6 Å². The van der Waals surface area contributed by atoms with E-state index in [4.69, 9.17) is 11.6 Å². The largest absolute Gasteiger partial charge is 0.321 e. The highest BCUT2D eigenvalue weighted by Gasteiger charge is 2.08. The Morgan fingerprint density at radius 1 is 0.950 bits per heavy atom. The van der Waals surface area contributed by atoms with E-state index in [1.54, 1.807) is 12.3 Å². The second-order valence-electron chi connectivity index (χ2n) is 4.71. The van der Waals surface area contributed by atoms with Crippen LogP contribution in [0.2, 0.25) is 5.02 Å². The molecule has 0 amide bonds. The minimum atomic E-state index is -0.0967. The number of halogens is 1. The van der Waals surface area contributed by atoms with Crippen LogP contribution in [0.15, 0.2) is 53.5 Å². The normalized spacial score (nSPS) is 11.4. The first-order valence-electron chi connectivity index (χ1n) is 6.23. The maximum atomic E-state index is 12.2. The fourth-order valence-electron chi connectivity index (χ4n) is 2.60. The standard InChI is InChI=1S/C16H9ClN2O/c17-9-5-6-14-12(7-9)15-13(8-18-14)10-3-1-2-4-11(10)16(20)19-15/h1-8H,(H,19,20). The minimum absolute atomic E-state index is 0.0967. The number of nitrogens with one attached hydrogen (secondary N) is 1. The number of hydrogen-bond acceptors (Lipinski definition) is 2. The molecule has 2 aromatic carbocycles. The van der Waals surface area contributed by atoms with Crippen molar-refractivity contribution < 1.29 is 0 Å². The lowest BCUT2D eigenvalue weighted by Crippen LogP contribution is -2.06. The predicted molar refractivity (Wildman–Crippen MR) is 82.4 cm³/mol. The quantitative estimate of drug-likeness (QED) is 0.497. The second-order valence-corrected chi connectivity index (χ2v) is 5.14. The van der Waals surface area contributed by atoms with Crippen LogP contribution >= 0.6 is 11.6 Å². The van der Waals surface area contributed by atoms with Gasteiger partial charge in [0.25, 0.3) is 5.56 Å². The Bertz CT molecular complexity index is 1040. The van der Waals surface area contributed by atoms with Gasteiger partial charge in [-0.05, 0) is 29.7 Å². The second kappa shape index (κ2) is 4.05. The van der Waals surface area contributed by atoms with Gasteiger partial charge in [0.15, 0.2) is 0 Å². The van der Waals surface area contributed by atoms with Crippen molar-refractivity contribution in [2.75, 3.05) is 0 Å². The summed E-state index contributed by atoms with van der Waals surface area (Å²) in [6.45, 7) is 0. The number of fused-ring (bicyclic) bond motifs is 5. The summed E-state index contributed by atoms with van der Waals surface area (Å²) in [5.41, 5.74) is 1.50. The van der Waals surface area contributed by atoms with Crippen molar-refractivity contribution in [2.24, 2.45) is 0 Å². The third-order valence-electron chi connectivity index (χ3n) is 3.53. The molecule has 0 aliphatic rings. The molecule has 0 aliphatic carbocycles. The van der Waals surface area contributed by atoms with E-state index in [9.17, 15) is 4.79 Å². The third-order valence-corrected chi connectivity index (χ3v) is 3.77. The van der Waals surface area contributed by atoms with E-state index in [2.05, 4.69) is 9.97 Å². The van der Waals surface area contributed by atoms with E-state index in [-0.39, 0.29) is 5.56 Å². The molecule has 0 bridgehead atoms. The van der Waals surface area contributed by atoms with Crippen molar-refractivity contribution in [2.45, 2.75) is 0 Å². The average molecular weight is 281 g/mol. The molecule has 4 heteroatoms. The molecule has 0 fully saturated rings. The summed E-state index contributed by atoms with van der Waals surface area (Å²) < 4.78 is 0. The predicted octanol–water partition coefficient (Wildman–Crippen LogP) is 3.88. The van der Waals surface area contributed by atoms with Crippen LogP contribution in [0.5, 0.6) is 0 Å². The Kier molecular flexibility index (Phi) is 2.32. The molecule has 20 heavy (non-hydrogen) atoms. The molecule has 1 N–H and O–H groups in total. The van der Waals surface area contributed by atoms with Gasteiger partial charge in [-0.1, -0.05) is 29.8 Å². The summed E-state index contributed by atoms with van der Waals surface area (Å²) in [6, 6.07) is 13.0. The Morgan fingerprint density at radius 3 is 2.60 bits per heavy atom. The average Bonchev–Trinajstić information content (AvgIpc) is 2.47. The number of hydrogen-bond donors (Lipinski definition) is 1. The van der Waals surface area contributed by atoms with Crippen molar-refractivity contribution >= 4 is 44.2 Å². The summed E-state index contributed by atoms with van der Waals surface area (Å²) in [4.78, 5) is 19.6. The Balaban J connectivity index is 2.35. The lowest BCUT2D eigenvalue weighted by molar-refractivity contribution is 1.34. The van der Waals surface area contributed by atoms with Crippen molar-refractivity contribution in [3.63, 3.8) is 0 Å². The lowest BCUT2D eigenvalue weighted by atomic mass is 10.1. The molecule has 0 atom stereocenters. The molecule has 0 saturated heterocycles. The van der Waals surface area contributed by atoms with Crippen LogP contribution in [0.3, 0.4) is 0 Å². The van der Waals surface area contributed by atoms with Crippen LogP contribution in [-0.2, 0) is 0 Å². The molecule has 2 aromatic heterocycles. The molecule has 0 radical (unpaired) electrons. The molecule has 0 unspecified atom stereocenters. The Morgan fingerprint density at radius 2 is 1.75 bits per heavy atom. The monoisotopic (exact) mass is 280 g/mol. The molecule has 0 aliphatic heterocycles. The molecular formula is C16H9ClN2O. The number of pyridine rings is 2. The van der Waals surface area contributed by atoms with Gasteiger partial charge in [0.05, 0.1) is 11.0 Å². The van der Waals surface area contributed by atoms with E-state index in [0.29, 0.717) is 10.4 Å². The molecule has 2 heterocycles. The molecule has 96 valence electrons. The number of rotatable bonds is 0. The zero-order chi connectivity index (χ0) is 13.7. The molecule has 4 aromatic rings. The fraction of sp³-hybridized carbons (Fsp3) is 0. The maximum absolute atomic E-state index is 12.2. The van der Waals surface area contributed by atoms with Crippen molar-refractivity contribution in [3.05, 3.63) is 64.0 Å². The molecular weight excluding hydrogens is 272 g/mol. The van der Waals surface area contributed by atoms with E-state index < -0.39 is 0 Å². The number of H-pyrrole nitrogens is 1. The van der Waals surface area contributed by atoms with Crippen molar-refractivity contribution in [3.8, 4) is 0 Å². The number of aromatic nitrogens is 2. The number of nitrogens with zero attached hydrogens (tertiary/aromatic N) is 1. The van der Waals surface area contributed by atoms with Gasteiger partial charge >= 0.3 is 0 Å². The number of aromatic amines is 1. The van der Waals surface area contributed by atoms with Crippen LogP contribution in [0.1, 0.15) is 0 Å². The van der Waals surface area contributed by atoms with E-state index in [1.165, 1.54) is 0 Å². The Labute approximate surface area is 118 Å². The highest BCUT2D eigenvalue weighted by Crippen LogP contribution is 2.27. The van der Waals surface area contributed by atoms with Gasteiger partial charge in [0.1, 0.15) is 0 Å². The van der Waals surface area contributed by atoms with E-state index in [1.807, 2.05) is 36.4 Å². The highest BCUT2D eigenvalue weighted by molar-refractivity contribution is 6.31. The van der Waals surface area contributed by atoms with Crippen LogP contribution in [0.4, 0.5) is 0 Å². The van der Waals surface area contributed by atoms with Crippen LogP contribution in [-0.4, -0.2) is 9.97 Å². The van der Waals surface area contributed by atoms with E-state index >= 15 is 0 Å². The first-order valence-corrected chi connectivity index (χ1v) is 6.61. The molecule has 0 spiro atoms. The van der Waals surface area contributed by atoms with Gasteiger partial charge in [-0.15, -0.1) is 0 Å². The third kappa shape index (κ3) is 1.53. The Hall–Kier alpha value is -2.39. The van der Waals surface area contributed by atoms with Gasteiger partial charge < -0.3 is 4.98 Å². The number of benzene rings is 2. The summed E-state index contributed by atoms with van der Waals surface area (Å²) in [7, 11) is 0. The van der Waals surface area contributed by atoms with E-state index in [0.717, 1.165) is 27.2 Å². The highest BCUT2D eigenvalue weighted by atomic mass is 35.5.